The van der Waals surface area contributed by atoms with Crippen molar-refractivity contribution in [1.82, 2.24) is 0 Å². The first-order valence-corrected chi connectivity index (χ1v) is 6.70. The predicted octanol–water partition coefficient (Wildman–Crippen LogP) is 4.98. The lowest BCUT2D eigenvalue weighted by Gasteiger charge is -2.10. The van der Waals surface area contributed by atoms with Crippen LogP contribution in [0, 0.1) is 5.82 Å². The van der Waals surface area contributed by atoms with Gasteiger partial charge in [-0.25, -0.2) is 9.18 Å². The number of esters is 1. The smallest absolute Gasteiger partial charge is 0.338 e. The minimum absolute atomic E-state index is 0.158. The first-order valence-electron chi connectivity index (χ1n) is 5.95. The van der Waals surface area contributed by atoms with Crippen LogP contribution in [0.25, 0.3) is 11.1 Å². The van der Waals surface area contributed by atoms with E-state index in [9.17, 15) is 9.18 Å². The van der Waals surface area contributed by atoms with Gasteiger partial charge in [-0.3, -0.25) is 0 Å². The highest BCUT2D eigenvalue weighted by Gasteiger charge is 2.15. The van der Waals surface area contributed by atoms with Gasteiger partial charge in [0.2, 0.25) is 0 Å². The molecule has 5 heteroatoms. The van der Waals surface area contributed by atoms with Gasteiger partial charge < -0.3 is 4.74 Å². The Hall–Kier alpha value is -1.58. The summed E-state index contributed by atoms with van der Waals surface area (Å²) >= 11 is 11.8. The monoisotopic (exact) mass is 312 g/mol. The highest BCUT2D eigenvalue weighted by molar-refractivity contribution is 6.42. The first-order chi connectivity index (χ1) is 9.52. The van der Waals surface area contributed by atoms with Crippen LogP contribution in [0.2, 0.25) is 10.0 Å². The van der Waals surface area contributed by atoms with E-state index in [0.717, 1.165) is 6.07 Å². The zero-order valence-corrected chi connectivity index (χ0v) is 12.1. The van der Waals surface area contributed by atoms with E-state index in [-0.39, 0.29) is 12.2 Å². The predicted molar refractivity (Wildman–Crippen MR) is 77.8 cm³/mol. The maximum atomic E-state index is 13.4. The van der Waals surface area contributed by atoms with Gasteiger partial charge in [-0.2, -0.15) is 0 Å². The van der Waals surface area contributed by atoms with Crippen molar-refractivity contribution < 1.29 is 13.9 Å². The zero-order valence-electron chi connectivity index (χ0n) is 10.6. The average molecular weight is 313 g/mol. The Morgan fingerprint density at radius 1 is 1.15 bits per heavy atom. The molecule has 0 bridgehead atoms. The highest BCUT2D eigenvalue weighted by atomic mass is 35.5. The first kappa shape index (κ1) is 14.8. The fourth-order valence-corrected chi connectivity index (χ4v) is 2.11. The van der Waals surface area contributed by atoms with Crippen LogP contribution in [-0.2, 0) is 4.74 Å². The second-order valence-corrected chi connectivity index (χ2v) is 4.85. The third-order valence-corrected chi connectivity index (χ3v) is 3.45. The van der Waals surface area contributed by atoms with Gasteiger partial charge in [0.15, 0.2) is 0 Å². The molecule has 2 aromatic carbocycles. The molecule has 0 unspecified atom stereocenters. The molecular formula is C15H11Cl2FO2. The molecule has 0 amide bonds. The summed E-state index contributed by atoms with van der Waals surface area (Å²) in [6, 6.07) is 8.90. The molecule has 0 saturated carbocycles. The topological polar surface area (TPSA) is 26.3 Å². The van der Waals surface area contributed by atoms with Crippen LogP contribution in [0.5, 0.6) is 0 Å². The van der Waals surface area contributed by atoms with Gasteiger partial charge in [-0.05, 0) is 42.3 Å². The van der Waals surface area contributed by atoms with E-state index in [1.165, 1.54) is 12.1 Å². The lowest BCUT2D eigenvalue weighted by molar-refractivity contribution is 0.0526. The third kappa shape index (κ3) is 3.11. The van der Waals surface area contributed by atoms with Crippen molar-refractivity contribution in [2.45, 2.75) is 6.92 Å². The number of hydrogen-bond acceptors (Lipinski definition) is 2. The average Bonchev–Trinajstić information content (AvgIpc) is 2.42. The SMILES string of the molecule is CCOC(=O)c1cc(F)ccc1-c1ccc(Cl)c(Cl)c1. The lowest BCUT2D eigenvalue weighted by atomic mass is 9.99. The van der Waals surface area contributed by atoms with E-state index >= 15 is 0 Å². The third-order valence-electron chi connectivity index (χ3n) is 2.71. The Balaban J connectivity index is 2.55. The minimum atomic E-state index is -0.576. The Kier molecular flexibility index (Phi) is 4.63. The van der Waals surface area contributed by atoms with Crippen molar-refractivity contribution >= 4 is 29.2 Å². The van der Waals surface area contributed by atoms with Gasteiger partial charge in [0, 0.05) is 0 Å². The lowest BCUT2D eigenvalue weighted by Crippen LogP contribution is -2.07. The Morgan fingerprint density at radius 2 is 1.90 bits per heavy atom. The van der Waals surface area contributed by atoms with Crippen LogP contribution in [0.15, 0.2) is 36.4 Å². The molecule has 104 valence electrons. The van der Waals surface area contributed by atoms with Gasteiger partial charge in [0.25, 0.3) is 0 Å². The quantitative estimate of drug-likeness (QED) is 0.747. The standard InChI is InChI=1S/C15H11Cl2FO2/c1-2-20-15(19)12-8-10(18)4-5-11(12)9-3-6-13(16)14(17)7-9/h3-8H,2H2,1H3. The van der Waals surface area contributed by atoms with E-state index in [0.29, 0.717) is 21.2 Å². The molecule has 0 aromatic heterocycles. The van der Waals surface area contributed by atoms with Crippen molar-refractivity contribution in [2.24, 2.45) is 0 Å². The molecule has 0 aliphatic rings. The summed E-state index contributed by atoms with van der Waals surface area (Å²) in [6.45, 7) is 1.91. The van der Waals surface area contributed by atoms with Crippen LogP contribution in [0.3, 0.4) is 0 Å². The molecule has 0 atom stereocenters. The fraction of sp³-hybridized carbons (Fsp3) is 0.133. The number of rotatable bonds is 3. The van der Waals surface area contributed by atoms with Crippen LogP contribution in [0.4, 0.5) is 4.39 Å². The second kappa shape index (κ2) is 6.25. The molecule has 2 rings (SSSR count). The molecule has 0 aliphatic carbocycles. The maximum absolute atomic E-state index is 13.4. The summed E-state index contributed by atoms with van der Waals surface area (Å²) in [5.74, 6) is -1.08. The molecule has 0 aliphatic heterocycles. The van der Waals surface area contributed by atoms with E-state index < -0.39 is 11.8 Å². The number of halogens is 3. The Morgan fingerprint density at radius 3 is 2.55 bits per heavy atom. The van der Waals surface area contributed by atoms with Gasteiger partial charge in [-0.15, -0.1) is 0 Å². The van der Waals surface area contributed by atoms with E-state index in [2.05, 4.69) is 0 Å². The fourth-order valence-electron chi connectivity index (χ4n) is 1.81. The largest absolute Gasteiger partial charge is 0.462 e. The molecule has 0 fully saturated rings. The number of carbonyl (C=O) groups is 1. The molecule has 2 nitrogen and oxygen atoms in total. The molecule has 2 aromatic rings. The maximum Gasteiger partial charge on any atom is 0.338 e. The highest BCUT2D eigenvalue weighted by Crippen LogP contribution is 2.31. The molecule has 0 spiro atoms. The summed E-state index contributed by atoms with van der Waals surface area (Å²) in [7, 11) is 0. The van der Waals surface area contributed by atoms with Gasteiger partial charge in [-0.1, -0.05) is 35.3 Å². The number of ether oxygens (including phenoxy) is 1. The van der Waals surface area contributed by atoms with Crippen LogP contribution < -0.4 is 0 Å². The number of hydrogen-bond donors (Lipinski definition) is 0. The molecule has 20 heavy (non-hydrogen) atoms. The van der Waals surface area contributed by atoms with Crippen molar-refractivity contribution in [3.05, 3.63) is 57.8 Å². The van der Waals surface area contributed by atoms with Gasteiger partial charge in [0.05, 0.1) is 22.2 Å². The van der Waals surface area contributed by atoms with E-state index in [1.54, 1.807) is 25.1 Å². The van der Waals surface area contributed by atoms with Gasteiger partial charge in [0.1, 0.15) is 5.82 Å². The van der Waals surface area contributed by atoms with E-state index in [1.807, 2.05) is 0 Å². The zero-order chi connectivity index (χ0) is 14.7. The van der Waals surface area contributed by atoms with Crippen molar-refractivity contribution in [1.29, 1.82) is 0 Å². The number of carbonyl (C=O) groups excluding carboxylic acids is 1. The van der Waals surface area contributed by atoms with Crippen molar-refractivity contribution in [3.63, 3.8) is 0 Å². The number of benzene rings is 2. The molecule has 0 N–H and O–H groups in total. The molecular weight excluding hydrogens is 302 g/mol. The minimum Gasteiger partial charge on any atom is -0.462 e. The van der Waals surface area contributed by atoms with Crippen molar-refractivity contribution in [3.8, 4) is 11.1 Å². The summed E-state index contributed by atoms with van der Waals surface area (Å²) in [4.78, 5) is 11.9. The Bertz CT molecular complexity index is 656. The van der Waals surface area contributed by atoms with Crippen LogP contribution >= 0.6 is 23.2 Å². The summed E-state index contributed by atoms with van der Waals surface area (Å²) < 4.78 is 18.3. The molecule has 0 saturated heterocycles. The van der Waals surface area contributed by atoms with Crippen LogP contribution in [0.1, 0.15) is 17.3 Å². The summed E-state index contributed by atoms with van der Waals surface area (Å²) in [5.41, 5.74) is 1.37. The van der Waals surface area contributed by atoms with E-state index in [4.69, 9.17) is 27.9 Å². The normalized spacial score (nSPS) is 10.4. The molecule has 0 heterocycles. The van der Waals surface area contributed by atoms with Crippen molar-refractivity contribution in [2.75, 3.05) is 6.61 Å². The van der Waals surface area contributed by atoms with Gasteiger partial charge >= 0.3 is 5.97 Å². The second-order valence-electron chi connectivity index (χ2n) is 4.04. The summed E-state index contributed by atoms with van der Waals surface area (Å²) in [6.07, 6.45) is 0. The van der Waals surface area contributed by atoms with Crippen LogP contribution in [-0.4, -0.2) is 12.6 Å². The summed E-state index contributed by atoms with van der Waals surface area (Å²) in [5, 5.41) is 0.776. The Labute approximate surface area is 126 Å². The molecule has 0 radical (unpaired) electrons.